The van der Waals surface area contributed by atoms with Gasteiger partial charge in [-0.05, 0) is 65.6 Å². The topological polar surface area (TPSA) is 102 Å². The zero-order chi connectivity index (χ0) is 24.6. The van der Waals surface area contributed by atoms with Gasteiger partial charge in [0.15, 0.2) is 11.5 Å². The van der Waals surface area contributed by atoms with Crippen molar-refractivity contribution in [1.82, 2.24) is 20.6 Å². The molecule has 1 aromatic heterocycles. The number of methoxy groups -OCH3 is 2. The molecule has 4 aromatic rings. The lowest BCUT2D eigenvalue weighted by Crippen LogP contribution is -2.28. The first kappa shape index (κ1) is 22.8. The second-order valence-electron chi connectivity index (χ2n) is 8.23. The van der Waals surface area contributed by atoms with Crippen LogP contribution in [0.4, 0.5) is 10.1 Å². The lowest BCUT2D eigenvalue weighted by Gasteiger charge is -2.18. The molecule has 5 rings (SSSR count). The van der Waals surface area contributed by atoms with Gasteiger partial charge in [0, 0.05) is 21.8 Å². The van der Waals surface area contributed by atoms with Crippen molar-refractivity contribution in [2.75, 3.05) is 19.5 Å². The Labute approximate surface area is 205 Å². The fourth-order valence-corrected chi connectivity index (χ4v) is 4.37. The normalized spacial score (nSPS) is 13.8. The summed E-state index contributed by atoms with van der Waals surface area (Å²) >= 11 is 5.89. The van der Waals surface area contributed by atoms with Gasteiger partial charge in [0.2, 0.25) is 11.7 Å². The third-order valence-corrected chi connectivity index (χ3v) is 6.42. The first-order chi connectivity index (χ1) is 16.9. The van der Waals surface area contributed by atoms with Crippen LogP contribution in [0.2, 0.25) is 5.02 Å². The van der Waals surface area contributed by atoms with E-state index < -0.39 is 11.2 Å². The predicted octanol–water partition coefficient (Wildman–Crippen LogP) is 5.01. The lowest BCUT2D eigenvalue weighted by atomic mass is 9.94. The summed E-state index contributed by atoms with van der Waals surface area (Å²) in [5.41, 5.74) is 2.24. The molecule has 8 nitrogen and oxygen atoms in total. The van der Waals surface area contributed by atoms with Gasteiger partial charge in [0.1, 0.15) is 5.82 Å². The van der Waals surface area contributed by atoms with E-state index in [1.165, 1.54) is 6.07 Å². The highest BCUT2D eigenvalue weighted by Crippen LogP contribution is 2.50. The van der Waals surface area contributed by atoms with E-state index in [1.54, 1.807) is 44.6 Å². The minimum absolute atomic E-state index is 0.281. The number of nitrogens with one attached hydrogen (secondary N) is 2. The molecule has 1 heterocycles. The number of aromatic nitrogens is 4. The van der Waals surface area contributed by atoms with Crippen LogP contribution >= 0.6 is 11.6 Å². The highest BCUT2D eigenvalue weighted by Gasteiger charge is 2.52. The van der Waals surface area contributed by atoms with Crippen LogP contribution in [0.25, 0.3) is 22.5 Å². The molecule has 0 saturated heterocycles. The molecule has 1 amide bonds. The number of H-pyrrole nitrogens is 1. The number of tetrazole rings is 1. The van der Waals surface area contributed by atoms with Crippen LogP contribution in [-0.4, -0.2) is 40.8 Å². The van der Waals surface area contributed by atoms with E-state index in [4.69, 9.17) is 21.1 Å². The summed E-state index contributed by atoms with van der Waals surface area (Å²) in [7, 11) is 3.14. The van der Waals surface area contributed by atoms with Gasteiger partial charge in [-0.2, -0.15) is 5.21 Å². The molecule has 0 radical (unpaired) electrons. The highest BCUT2D eigenvalue weighted by molar-refractivity contribution is 6.30. The van der Waals surface area contributed by atoms with Crippen molar-refractivity contribution >= 4 is 23.2 Å². The molecule has 1 aliphatic rings. The van der Waals surface area contributed by atoms with E-state index in [0.29, 0.717) is 47.0 Å². The molecular weight excluding hydrogens is 473 g/mol. The van der Waals surface area contributed by atoms with E-state index in [2.05, 4.69) is 25.9 Å². The number of rotatable bonds is 7. The summed E-state index contributed by atoms with van der Waals surface area (Å²) in [6, 6.07) is 15.3. The summed E-state index contributed by atoms with van der Waals surface area (Å²) in [5.74, 6) is 0.765. The Bertz CT molecular complexity index is 1410. The molecule has 178 valence electrons. The number of carbonyl (C=O) groups excluding carboxylic acids is 1. The third kappa shape index (κ3) is 4.19. The van der Waals surface area contributed by atoms with E-state index in [9.17, 15) is 9.18 Å². The number of hydrogen-bond donors (Lipinski definition) is 2. The standard InChI is InChI=1S/C25H21ClFN5O3/c1-34-21-8-3-14(11-22(21)35-2)17-6-5-16(13-18(17)23-29-31-32-30-23)28-24(33)25(9-10-25)19-7-4-15(26)12-20(19)27/h3-8,11-13H,9-10H2,1-2H3,(H,28,33)(H,29,30,31,32). The smallest absolute Gasteiger partial charge is 0.235 e. The molecule has 1 fully saturated rings. The molecule has 0 atom stereocenters. The Balaban J connectivity index is 1.50. The van der Waals surface area contributed by atoms with Crippen LogP contribution in [-0.2, 0) is 10.2 Å². The van der Waals surface area contributed by atoms with Crippen LogP contribution in [0.3, 0.4) is 0 Å². The monoisotopic (exact) mass is 493 g/mol. The fraction of sp³-hybridized carbons (Fsp3) is 0.200. The van der Waals surface area contributed by atoms with Crippen molar-refractivity contribution in [2.45, 2.75) is 18.3 Å². The summed E-state index contributed by atoms with van der Waals surface area (Å²) < 4.78 is 25.4. The van der Waals surface area contributed by atoms with E-state index >= 15 is 0 Å². The maximum absolute atomic E-state index is 14.6. The molecule has 3 aromatic carbocycles. The highest BCUT2D eigenvalue weighted by atomic mass is 35.5. The fourth-order valence-electron chi connectivity index (χ4n) is 4.21. The van der Waals surface area contributed by atoms with Gasteiger partial charge in [0.25, 0.3) is 0 Å². The molecule has 0 spiro atoms. The number of hydrogen-bond acceptors (Lipinski definition) is 6. The molecular formula is C25H21ClFN5O3. The maximum Gasteiger partial charge on any atom is 0.235 e. The van der Waals surface area contributed by atoms with Gasteiger partial charge in [-0.3, -0.25) is 4.79 Å². The van der Waals surface area contributed by atoms with Gasteiger partial charge >= 0.3 is 0 Å². The Hall–Kier alpha value is -3.98. The molecule has 10 heteroatoms. The quantitative estimate of drug-likeness (QED) is 0.375. The van der Waals surface area contributed by atoms with E-state index in [0.717, 1.165) is 11.1 Å². The van der Waals surface area contributed by atoms with Gasteiger partial charge in [0.05, 0.1) is 19.6 Å². The number of carbonyl (C=O) groups is 1. The number of nitrogens with zero attached hydrogens (tertiary/aromatic N) is 3. The molecule has 0 aliphatic heterocycles. The average Bonchev–Trinajstić information content (AvgIpc) is 3.48. The van der Waals surface area contributed by atoms with Gasteiger partial charge in [-0.15, -0.1) is 10.2 Å². The molecule has 35 heavy (non-hydrogen) atoms. The van der Waals surface area contributed by atoms with Gasteiger partial charge in [-0.25, -0.2) is 4.39 Å². The van der Waals surface area contributed by atoms with Crippen molar-refractivity contribution in [3.8, 4) is 34.0 Å². The SMILES string of the molecule is COc1ccc(-c2ccc(NC(=O)C3(c4ccc(Cl)cc4F)CC3)cc2-c2nn[nH]n2)cc1OC. The Morgan fingerprint density at radius 2 is 1.83 bits per heavy atom. The number of amides is 1. The summed E-state index contributed by atoms with van der Waals surface area (Å²) in [4.78, 5) is 13.3. The largest absolute Gasteiger partial charge is 0.493 e. The van der Waals surface area contributed by atoms with Crippen molar-refractivity contribution in [3.63, 3.8) is 0 Å². The number of ether oxygens (including phenoxy) is 2. The lowest BCUT2D eigenvalue weighted by molar-refractivity contribution is -0.118. The maximum atomic E-state index is 14.6. The van der Waals surface area contributed by atoms with Crippen LogP contribution in [0.5, 0.6) is 11.5 Å². The Kier molecular flexibility index (Phi) is 5.86. The molecule has 0 bridgehead atoms. The number of anilines is 1. The molecule has 1 aliphatic carbocycles. The first-order valence-corrected chi connectivity index (χ1v) is 11.2. The average molecular weight is 494 g/mol. The third-order valence-electron chi connectivity index (χ3n) is 6.19. The van der Waals surface area contributed by atoms with Gasteiger partial charge in [-0.1, -0.05) is 29.8 Å². The Morgan fingerprint density at radius 1 is 1.03 bits per heavy atom. The molecule has 0 unspecified atom stereocenters. The summed E-state index contributed by atoms with van der Waals surface area (Å²) in [6.45, 7) is 0. The van der Waals surface area contributed by atoms with Crippen molar-refractivity contribution in [2.24, 2.45) is 0 Å². The number of benzene rings is 3. The minimum atomic E-state index is -0.914. The van der Waals surface area contributed by atoms with Crippen molar-refractivity contribution < 1.29 is 18.7 Å². The van der Waals surface area contributed by atoms with Crippen LogP contribution in [0.15, 0.2) is 54.6 Å². The second-order valence-corrected chi connectivity index (χ2v) is 8.66. The molecule has 1 saturated carbocycles. The first-order valence-electron chi connectivity index (χ1n) is 10.8. The summed E-state index contributed by atoms with van der Waals surface area (Å²) in [5, 5.41) is 17.6. The minimum Gasteiger partial charge on any atom is -0.493 e. The molecule has 2 N–H and O–H groups in total. The van der Waals surface area contributed by atoms with Crippen LogP contribution in [0, 0.1) is 5.82 Å². The van der Waals surface area contributed by atoms with E-state index in [1.807, 2.05) is 18.2 Å². The number of aromatic amines is 1. The van der Waals surface area contributed by atoms with Crippen LogP contribution in [0.1, 0.15) is 18.4 Å². The van der Waals surface area contributed by atoms with Crippen LogP contribution < -0.4 is 14.8 Å². The number of halogens is 2. The zero-order valence-electron chi connectivity index (χ0n) is 18.9. The predicted molar refractivity (Wildman–Crippen MR) is 129 cm³/mol. The summed E-state index contributed by atoms with van der Waals surface area (Å²) in [6.07, 6.45) is 1.11. The Morgan fingerprint density at radius 3 is 2.49 bits per heavy atom. The zero-order valence-corrected chi connectivity index (χ0v) is 19.7. The van der Waals surface area contributed by atoms with Gasteiger partial charge < -0.3 is 14.8 Å². The van der Waals surface area contributed by atoms with E-state index in [-0.39, 0.29) is 10.9 Å². The second kappa shape index (κ2) is 8.99. The van der Waals surface area contributed by atoms with Crippen molar-refractivity contribution in [1.29, 1.82) is 0 Å². The van der Waals surface area contributed by atoms with Crippen molar-refractivity contribution in [3.05, 3.63) is 71.0 Å².